The number of rotatable bonds is 5. The first kappa shape index (κ1) is 12.5. The minimum atomic E-state index is -0.797. The number of ether oxygens (including phenoxy) is 1. The van der Waals surface area contributed by atoms with Crippen molar-refractivity contribution in [3.05, 3.63) is 0 Å². The maximum Gasteiger partial charge on any atom is 0.236 e. The fraction of sp³-hybridized carbons (Fsp3) is 0.833. The number of piperidine rings is 1. The molecular formula is C12H19NO4. The molecule has 2 amide bonds. The molecule has 0 unspecified atom stereocenters. The molecule has 0 bridgehead atoms. The SMILES string of the molecule is COC[C@H](O)CN1C(=O)[C@@H]2C[C@]2(C(C)C)C1=O. The second kappa shape index (κ2) is 4.07. The number of methoxy groups -OCH3 is 1. The second-order valence-corrected chi connectivity index (χ2v) is 5.31. The standard InChI is InChI=1S/C12H19NO4/c1-7(2)12-4-9(12)10(15)13(11(12)16)5-8(14)6-17-3/h7-9,14H,4-6H2,1-3H3/t8-,9+,12-/m1/s1. The number of amides is 2. The third kappa shape index (κ3) is 1.68. The molecule has 2 fully saturated rings. The van der Waals surface area contributed by atoms with Crippen LogP contribution in [0.3, 0.4) is 0 Å². The molecule has 0 radical (unpaired) electrons. The normalized spacial score (nSPS) is 33.2. The Kier molecular flexibility index (Phi) is 2.99. The van der Waals surface area contributed by atoms with Gasteiger partial charge in [0.2, 0.25) is 11.8 Å². The van der Waals surface area contributed by atoms with Gasteiger partial charge in [0.15, 0.2) is 0 Å². The van der Waals surface area contributed by atoms with Gasteiger partial charge in [-0.15, -0.1) is 0 Å². The Morgan fingerprint density at radius 2 is 2.18 bits per heavy atom. The van der Waals surface area contributed by atoms with Crippen LogP contribution in [0, 0.1) is 17.3 Å². The number of carbonyl (C=O) groups excluding carboxylic acids is 2. The number of β-amino-alcohol motifs (C(OH)–C–C–N with tert-alkyl or cyclic N) is 1. The molecule has 1 saturated carbocycles. The molecular weight excluding hydrogens is 222 g/mol. The number of aliphatic hydroxyl groups is 1. The van der Waals surface area contributed by atoms with E-state index in [4.69, 9.17) is 4.74 Å². The molecule has 0 aromatic heterocycles. The molecule has 2 aliphatic rings. The molecule has 5 heteroatoms. The summed E-state index contributed by atoms with van der Waals surface area (Å²) >= 11 is 0. The largest absolute Gasteiger partial charge is 0.389 e. The Balaban J connectivity index is 2.07. The molecule has 0 aromatic rings. The molecule has 2 rings (SSSR count). The van der Waals surface area contributed by atoms with Crippen molar-refractivity contribution in [2.45, 2.75) is 26.4 Å². The van der Waals surface area contributed by atoms with Crippen LogP contribution in [0.25, 0.3) is 0 Å². The van der Waals surface area contributed by atoms with Crippen molar-refractivity contribution in [3.8, 4) is 0 Å². The summed E-state index contributed by atoms with van der Waals surface area (Å²) in [6.07, 6.45) is -0.117. The number of hydrogen-bond acceptors (Lipinski definition) is 4. The van der Waals surface area contributed by atoms with Gasteiger partial charge in [-0.25, -0.2) is 0 Å². The van der Waals surface area contributed by atoms with Crippen molar-refractivity contribution in [2.24, 2.45) is 17.3 Å². The summed E-state index contributed by atoms with van der Waals surface area (Å²) in [5.74, 6) is -0.213. The maximum atomic E-state index is 12.2. The molecule has 3 atom stereocenters. The average Bonchev–Trinajstić information content (AvgIpc) is 2.96. The number of hydrogen-bond donors (Lipinski definition) is 1. The highest BCUT2D eigenvalue weighted by molar-refractivity contribution is 6.11. The molecule has 17 heavy (non-hydrogen) atoms. The van der Waals surface area contributed by atoms with Crippen LogP contribution in [0.1, 0.15) is 20.3 Å². The van der Waals surface area contributed by atoms with E-state index in [9.17, 15) is 14.7 Å². The van der Waals surface area contributed by atoms with E-state index in [2.05, 4.69) is 0 Å². The summed E-state index contributed by atoms with van der Waals surface area (Å²) in [6, 6.07) is 0. The Morgan fingerprint density at radius 3 is 2.65 bits per heavy atom. The number of nitrogens with zero attached hydrogens (tertiary/aromatic N) is 1. The lowest BCUT2D eigenvalue weighted by Gasteiger charge is -2.23. The van der Waals surface area contributed by atoms with Crippen LogP contribution >= 0.6 is 0 Å². The van der Waals surface area contributed by atoms with E-state index < -0.39 is 11.5 Å². The van der Waals surface area contributed by atoms with Crippen molar-refractivity contribution in [1.82, 2.24) is 4.90 Å². The lowest BCUT2D eigenvalue weighted by molar-refractivity contribution is -0.145. The molecule has 1 aliphatic carbocycles. The molecule has 96 valence electrons. The lowest BCUT2D eigenvalue weighted by atomic mass is 9.91. The van der Waals surface area contributed by atoms with Crippen LogP contribution in [-0.2, 0) is 14.3 Å². The van der Waals surface area contributed by atoms with Crippen LogP contribution in [0.15, 0.2) is 0 Å². The number of imide groups is 1. The summed E-state index contributed by atoms with van der Waals surface area (Å²) in [4.78, 5) is 25.4. The second-order valence-electron chi connectivity index (χ2n) is 5.31. The molecule has 0 spiro atoms. The smallest absolute Gasteiger partial charge is 0.236 e. The van der Waals surface area contributed by atoms with Crippen LogP contribution in [0.5, 0.6) is 0 Å². The summed E-state index contributed by atoms with van der Waals surface area (Å²) in [6.45, 7) is 4.13. The Labute approximate surface area is 101 Å². The molecule has 0 aromatic carbocycles. The zero-order valence-corrected chi connectivity index (χ0v) is 10.5. The van der Waals surface area contributed by atoms with Gasteiger partial charge in [0.25, 0.3) is 0 Å². The van der Waals surface area contributed by atoms with E-state index in [1.165, 1.54) is 12.0 Å². The van der Waals surface area contributed by atoms with Gasteiger partial charge in [-0.05, 0) is 12.3 Å². The number of carbonyl (C=O) groups is 2. The summed E-state index contributed by atoms with van der Waals surface area (Å²) in [5.41, 5.74) is -0.468. The van der Waals surface area contributed by atoms with Gasteiger partial charge >= 0.3 is 0 Å². The van der Waals surface area contributed by atoms with Gasteiger partial charge in [0, 0.05) is 7.11 Å². The van der Waals surface area contributed by atoms with Crippen molar-refractivity contribution in [2.75, 3.05) is 20.3 Å². The van der Waals surface area contributed by atoms with Gasteiger partial charge in [0.1, 0.15) is 0 Å². The fourth-order valence-electron chi connectivity index (χ4n) is 2.88. The van der Waals surface area contributed by atoms with Gasteiger partial charge in [-0.1, -0.05) is 13.8 Å². The Bertz CT molecular complexity index is 354. The predicted octanol–water partition coefficient (Wildman–Crippen LogP) is 0.0248. The summed E-state index contributed by atoms with van der Waals surface area (Å²) < 4.78 is 4.80. The third-order valence-corrected chi connectivity index (χ3v) is 3.99. The average molecular weight is 241 g/mol. The molecule has 5 nitrogen and oxygen atoms in total. The van der Waals surface area contributed by atoms with Gasteiger partial charge in [-0.3, -0.25) is 14.5 Å². The highest BCUT2D eigenvalue weighted by Gasteiger charge is 2.72. The van der Waals surface area contributed by atoms with E-state index in [0.29, 0.717) is 6.42 Å². The first-order valence-electron chi connectivity index (χ1n) is 5.98. The quantitative estimate of drug-likeness (QED) is 0.689. The van der Waals surface area contributed by atoms with Gasteiger partial charge in [-0.2, -0.15) is 0 Å². The summed E-state index contributed by atoms with van der Waals surface area (Å²) in [5, 5.41) is 9.60. The number of fused-ring (bicyclic) bond motifs is 1. The van der Waals surface area contributed by atoms with E-state index in [1.807, 2.05) is 13.8 Å². The Morgan fingerprint density at radius 1 is 1.53 bits per heavy atom. The van der Waals surface area contributed by atoms with Crippen LogP contribution < -0.4 is 0 Å². The topological polar surface area (TPSA) is 66.8 Å². The van der Waals surface area contributed by atoms with Gasteiger partial charge < -0.3 is 9.84 Å². The number of aliphatic hydroxyl groups excluding tert-OH is 1. The van der Waals surface area contributed by atoms with E-state index >= 15 is 0 Å². The first-order chi connectivity index (χ1) is 7.95. The summed E-state index contributed by atoms with van der Waals surface area (Å²) in [7, 11) is 1.48. The zero-order chi connectivity index (χ0) is 12.8. The van der Waals surface area contributed by atoms with E-state index in [0.717, 1.165) is 0 Å². The van der Waals surface area contributed by atoms with Crippen molar-refractivity contribution in [3.63, 3.8) is 0 Å². The van der Waals surface area contributed by atoms with Crippen molar-refractivity contribution >= 4 is 11.8 Å². The lowest BCUT2D eigenvalue weighted by Crippen LogP contribution is -2.42. The van der Waals surface area contributed by atoms with Crippen LogP contribution in [-0.4, -0.2) is 48.2 Å². The monoisotopic (exact) mass is 241 g/mol. The van der Waals surface area contributed by atoms with Gasteiger partial charge in [0.05, 0.1) is 30.6 Å². The minimum absolute atomic E-state index is 0.0521. The predicted molar refractivity (Wildman–Crippen MR) is 60.0 cm³/mol. The van der Waals surface area contributed by atoms with Crippen molar-refractivity contribution < 1.29 is 19.4 Å². The van der Waals surface area contributed by atoms with Crippen LogP contribution in [0.2, 0.25) is 0 Å². The molecule has 1 heterocycles. The zero-order valence-electron chi connectivity index (χ0n) is 10.5. The molecule has 1 N–H and O–H groups in total. The van der Waals surface area contributed by atoms with Crippen molar-refractivity contribution in [1.29, 1.82) is 0 Å². The Hall–Kier alpha value is -0.940. The first-order valence-corrected chi connectivity index (χ1v) is 5.98. The fourth-order valence-corrected chi connectivity index (χ4v) is 2.88. The highest BCUT2D eigenvalue weighted by atomic mass is 16.5. The molecule has 1 saturated heterocycles. The van der Waals surface area contributed by atoms with E-state index in [-0.39, 0.29) is 36.8 Å². The minimum Gasteiger partial charge on any atom is -0.389 e. The van der Waals surface area contributed by atoms with E-state index in [1.54, 1.807) is 0 Å². The third-order valence-electron chi connectivity index (χ3n) is 3.99. The maximum absolute atomic E-state index is 12.2. The number of likely N-dealkylation sites (tertiary alicyclic amines) is 1. The highest BCUT2D eigenvalue weighted by Crippen LogP contribution is 2.63. The molecule has 1 aliphatic heterocycles. The van der Waals surface area contributed by atoms with Crippen LogP contribution in [0.4, 0.5) is 0 Å².